The fourth-order valence-corrected chi connectivity index (χ4v) is 2.45. The zero-order chi connectivity index (χ0) is 15.4. The first kappa shape index (κ1) is 15.7. The predicted molar refractivity (Wildman–Crippen MR) is 81.7 cm³/mol. The Kier molecular flexibility index (Phi) is 5.14. The van der Waals surface area contributed by atoms with Crippen molar-refractivity contribution < 1.29 is 4.74 Å². The van der Waals surface area contributed by atoms with Crippen LogP contribution < -0.4 is 10.1 Å². The van der Waals surface area contributed by atoms with E-state index in [1.807, 2.05) is 31.6 Å². The highest BCUT2D eigenvalue weighted by Crippen LogP contribution is 2.25. The van der Waals surface area contributed by atoms with Gasteiger partial charge in [-0.15, -0.1) is 5.10 Å². The second-order valence-electron chi connectivity index (χ2n) is 4.71. The molecule has 2 heterocycles. The van der Waals surface area contributed by atoms with Crippen LogP contribution in [0.4, 0.5) is 0 Å². The topological polar surface area (TPSA) is 64.9 Å². The maximum atomic E-state index is 6.36. The third-order valence-corrected chi connectivity index (χ3v) is 3.92. The molecule has 0 saturated heterocycles. The van der Waals surface area contributed by atoms with Gasteiger partial charge in [0.15, 0.2) is 0 Å². The van der Waals surface area contributed by atoms with Gasteiger partial charge in [0.1, 0.15) is 0 Å². The Morgan fingerprint density at radius 2 is 2.14 bits per heavy atom. The van der Waals surface area contributed by atoms with Crippen LogP contribution in [0.1, 0.15) is 30.0 Å². The molecule has 1 unspecified atom stereocenters. The minimum Gasteiger partial charge on any atom is -0.480 e. The summed E-state index contributed by atoms with van der Waals surface area (Å²) in [5, 5.41) is 16.6. The Morgan fingerprint density at radius 1 is 1.38 bits per heavy atom. The fraction of sp³-hybridized carbons (Fsp3) is 0.500. The summed E-state index contributed by atoms with van der Waals surface area (Å²) < 4.78 is 6.96. The van der Waals surface area contributed by atoms with Crippen LogP contribution in [-0.2, 0) is 13.0 Å². The lowest BCUT2D eigenvalue weighted by atomic mass is 10.1. The minimum absolute atomic E-state index is 0.0160. The number of methoxy groups -OCH3 is 1. The van der Waals surface area contributed by atoms with Crippen LogP contribution in [0.25, 0.3) is 0 Å². The number of halogens is 1. The largest absolute Gasteiger partial charge is 0.480 e. The van der Waals surface area contributed by atoms with Crippen molar-refractivity contribution in [1.29, 1.82) is 0 Å². The molecular formula is C14H20ClN5O. The second kappa shape index (κ2) is 6.87. The number of nitrogens with one attached hydrogen (secondary N) is 1. The number of hydrogen-bond donors (Lipinski definition) is 1. The normalized spacial score (nSPS) is 12.4. The first-order valence-corrected chi connectivity index (χ1v) is 7.25. The molecule has 0 aliphatic carbocycles. The van der Waals surface area contributed by atoms with Gasteiger partial charge in [0, 0.05) is 19.0 Å². The van der Waals surface area contributed by atoms with Crippen molar-refractivity contribution in [1.82, 2.24) is 25.3 Å². The van der Waals surface area contributed by atoms with E-state index in [9.17, 15) is 0 Å². The molecule has 0 amide bonds. The van der Waals surface area contributed by atoms with Gasteiger partial charge >= 0.3 is 0 Å². The van der Waals surface area contributed by atoms with E-state index in [1.165, 1.54) is 0 Å². The Bertz CT molecular complexity index is 596. The van der Waals surface area contributed by atoms with Crippen molar-refractivity contribution >= 4 is 11.6 Å². The second-order valence-corrected chi connectivity index (χ2v) is 5.09. The maximum Gasteiger partial charge on any atom is 0.233 e. The highest BCUT2D eigenvalue weighted by atomic mass is 35.5. The third-order valence-electron chi connectivity index (χ3n) is 3.43. The van der Waals surface area contributed by atoms with E-state index in [4.69, 9.17) is 16.3 Å². The van der Waals surface area contributed by atoms with Crippen LogP contribution >= 0.6 is 11.6 Å². The molecule has 2 aromatic rings. The Labute approximate surface area is 129 Å². The van der Waals surface area contributed by atoms with Crippen LogP contribution in [0.3, 0.4) is 0 Å². The standard InChI is InChI=1S/C14H20ClN5O/c1-5-20-12(14(15)9(2)19-20)8-11(16-3)10-6-7-13(21-4)18-17-10/h6-7,11,16H,5,8H2,1-4H3. The van der Waals surface area contributed by atoms with E-state index in [0.29, 0.717) is 12.3 Å². The summed E-state index contributed by atoms with van der Waals surface area (Å²) in [7, 11) is 3.46. The van der Waals surface area contributed by atoms with E-state index in [2.05, 4.69) is 20.6 Å². The molecular weight excluding hydrogens is 290 g/mol. The zero-order valence-corrected chi connectivity index (χ0v) is 13.5. The smallest absolute Gasteiger partial charge is 0.233 e. The molecule has 0 spiro atoms. The van der Waals surface area contributed by atoms with Crippen LogP contribution in [0, 0.1) is 6.92 Å². The van der Waals surface area contributed by atoms with Gasteiger partial charge in [0.2, 0.25) is 5.88 Å². The molecule has 0 bridgehead atoms. The Morgan fingerprint density at radius 3 is 2.67 bits per heavy atom. The van der Waals surface area contributed by atoms with E-state index in [1.54, 1.807) is 13.2 Å². The lowest BCUT2D eigenvalue weighted by Crippen LogP contribution is -2.22. The third kappa shape index (κ3) is 3.33. The number of likely N-dealkylation sites (N-methyl/N-ethyl adjacent to an activating group) is 1. The van der Waals surface area contributed by atoms with Gasteiger partial charge in [0.25, 0.3) is 0 Å². The minimum atomic E-state index is 0.0160. The molecule has 1 N–H and O–H groups in total. The Hall–Kier alpha value is -1.66. The fourth-order valence-electron chi connectivity index (χ4n) is 2.24. The van der Waals surface area contributed by atoms with Crippen LogP contribution in [0.5, 0.6) is 5.88 Å². The Balaban J connectivity index is 2.26. The zero-order valence-electron chi connectivity index (χ0n) is 12.7. The first-order chi connectivity index (χ1) is 10.1. The van der Waals surface area contributed by atoms with E-state index < -0.39 is 0 Å². The summed E-state index contributed by atoms with van der Waals surface area (Å²) >= 11 is 6.36. The molecule has 0 aliphatic rings. The molecule has 0 radical (unpaired) electrons. The summed E-state index contributed by atoms with van der Waals surface area (Å²) in [4.78, 5) is 0. The van der Waals surface area contributed by atoms with Crippen molar-refractivity contribution in [2.75, 3.05) is 14.2 Å². The number of nitrogens with zero attached hydrogens (tertiary/aromatic N) is 4. The summed E-state index contributed by atoms with van der Waals surface area (Å²) in [5.74, 6) is 0.501. The quantitative estimate of drug-likeness (QED) is 0.886. The number of ether oxygens (including phenoxy) is 1. The molecule has 0 aromatic carbocycles. The molecule has 0 fully saturated rings. The number of aromatic nitrogens is 4. The van der Waals surface area contributed by atoms with Gasteiger partial charge < -0.3 is 10.1 Å². The molecule has 6 nitrogen and oxygen atoms in total. The lowest BCUT2D eigenvalue weighted by Gasteiger charge is -2.16. The molecule has 1 atom stereocenters. The van der Waals surface area contributed by atoms with Gasteiger partial charge in [-0.3, -0.25) is 4.68 Å². The van der Waals surface area contributed by atoms with Crippen LogP contribution in [0.15, 0.2) is 12.1 Å². The van der Waals surface area contributed by atoms with E-state index in [-0.39, 0.29) is 6.04 Å². The number of aryl methyl sites for hydroxylation is 2. The van der Waals surface area contributed by atoms with Gasteiger partial charge in [0.05, 0.1) is 35.3 Å². The lowest BCUT2D eigenvalue weighted by molar-refractivity contribution is 0.389. The molecule has 2 rings (SSSR count). The molecule has 114 valence electrons. The van der Waals surface area contributed by atoms with Crippen molar-refractivity contribution in [2.24, 2.45) is 0 Å². The number of hydrogen-bond acceptors (Lipinski definition) is 5. The summed E-state index contributed by atoms with van der Waals surface area (Å²) in [6.45, 7) is 4.75. The monoisotopic (exact) mass is 309 g/mol. The summed E-state index contributed by atoms with van der Waals surface area (Å²) in [6, 6.07) is 3.72. The van der Waals surface area contributed by atoms with Gasteiger partial charge in [-0.05, 0) is 27.0 Å². The van der Waals surface area contributed by atoms with Crippen LogP contribution in [-0.4, -0.2) is 34.1 Å². The van der Waals surface area contributed by atoms with E-state index >= 15 is 0 Å². The molecule has 0 aliphatic heterocycles. The van der Waals surface area contributed by atoms with Crippen molar-refractivity contribution in [3.63, 3.8) is 0 Å². The summed E-state index contributed by atoms with van der Waals surface area (Å²) in [5.41, 5.74) is 2.70. The van der Waals surface area contributed by atoms with Crippen LogP contribution in [0.2, 0.25) is 5.02 Å². The van der Waals surface area contributed by atoms with Crippen molar-refractivity contribution in [3.8, 4) is 5.88 Å². The van der Waals surface area contributed by atoms with Crippen molar-refractivity contribution in [2.45, 2.75) is 32.9 Å². The number of rotatable bonds is 6. The average molecular weight is 310 g/mol. The molecule has 0 saturated carbocycles. The van der Waals surface area contributed by atoms with Gasteiger partial charge in [-0.1, -0.05) is 11.6 Å². The SMILES string of the molecule is CCn1nc(C)c(Cl)c1CC(NC)c1ccc(OC)nn1. The molecule has 7 heteroatoms. The highest BCUT2D eigenvalue weighted by Gasteiger charge is 2.19. The van der Waals surface area contributed by atoms with Gasteiger partial charge in [-0.2, -0.15) is 10.2 Å². The van der Waals surface area contributed by atoms with Crippen molar-refractivity contribution in [3.05, 3.63) is 34.2 Å². The predicted octanol–water partition coefficient (Wildman–Crippen LogP) is 2.17. The molecule has 2 aromatic heterocycles. The van der Waals surface area contributed by atoms with Gasteiger partial charge in [-0.25, -0.2) is 0 Å². The van der Waals surface area contributed by atoms with E-state index in [0.717, 1.165) is 28.6 Å². The molecule has 21 heavy (non-hydrogen) atoms. The highest BCUT2D eigenvalue weighted by molar-refractivity contribution is 6.31. The average Bonchev–Trinajstić information content (AvgIpc) is 2.80. The summed E-state index contributed by atoms with van der Waals surface area (Å²) in [6.07, 6.45) is 0.699. The maximum absolute atomic E-state index is 6.36. The first-order valence-electron chi connectivity index (χ1n) is 6.87.